The van der Waals surface area contributed by atoms with Gasteiger partial charge in [0.1, 0.15) is 34.2 Å². The van der Waals surface area contributed by atoms with Gasteiger partial charge in [-0.1, -0.05) is 140 Å². The van der Waals surface area contributed by atoms with Crippen molar-refractivity contribution in [3.8, 4) is 0 Å². The van der Waals surface area contributed by atoms with Crippen molar-refractivity contribution >= 4 is 72.2 Å². The summed E-state index contributed by atoms with van der Waals surface area (Å²) in [5.74, 6) is 2.65. The van der Waals surface area contributed by atoms with Gasteiger partial charge in [-0.05, 0) is 45.3 Å². The first kappa shape index (κ1) is 29.1. The van der Waals surface area contributed by atoms with Gasteiger partial charge in [0.05, 0.1) is 0 Å². The molecule has 1 aliphatic carbocycles. The summed E-state index contributed by atoms with van der Waals surface area (Å²) < 4.78 is 13.1. The van der Waals surface area contributed by atoms with Crippen LogP contribution < -0.4 is 5.32 Å². The van der Waals surface area contributed by atoms with E-state index in [1.807, 2.05) is 30.3 Å². The van der Waals surface area contributed by atoms with E-state index in [1.165, 1.54) is 21.7 Å². The molecule has 5 heteroatoms. The molecule has 0 amide bonds. The van der Waals surface area contributed by atoms with Crippen LogP contribution in [0, 0.1) is 0 Å². The molecule has 2 aliphatic rings. The van der Waals surface area contributed by atoms with E-state index in [0.29, 0.717) is 0 Å². The number of amidine groups is 2. The zero-order chi connectivity index (χ0) is 34.2. The van der Waals surface area contributed by atoms with Crippen LogP contribution in [0.4, 0.5) is 0 Å². The number of benzene rings is 7. The largest absolute Gasteiger partial charge is 0.460 e. The molecule has 11 rings (SSSR count). The lowest BCUT2D eigenvalue weighted by Gasteiger charge is -2.24. The molecule has 2 atom stereocenters. The highest BCUT2D eigenvalue weighted by atomic mass is 16.3. The summed E-state index contributed by atoms with van der Waals surface area (Å²) >= 11 is 0. The van der Waals surface area contributed by atoms with Crippen LogP contribution in [0.1, 0.15) is 45.7 Å². The lowest BCUT2D eigenvalue weighted by Crippen LogP contribution is -2.36. The molecule has 5 nitrogen and oxygen atoms in total. The number of nitrogens with zero attached hydrogens (tertiary/aromatic N) is 2. The average molecular weight is 670 g/mol. The third kappa shape index (κ3) is 4.49. The molecule has 1 aliphatic heterocycles. The molecule has 9 aromatic rings. The number of aliphatic imine (C=N–C) groups is 2. The lowest BCUT2D eigenvalue weighted by molar-refractivity contribution is 0.531. The maximum Gasteiger partial charge on any atom is 0.169 e. The van der Waals surface area contributed by atoms with Crippen molar-refractivity contribution in [2.75, 3.05) is 0 Å². The minimum absolute atomic E-state index is 0.119. The SMILES string of the molecule is C1=CC(c2cccc3c2oc2ccccc23)Cc2oc3cccc(C4=NC(c5ccccc5)N=C(c5cc6ccccc6c6ccccc56)N4)c3c21. The van der Waals surface area contributed by atoms with E-state index >= 15 is 0 Å². The van der Waals surface area contributed by atoms with Crippen LogP contribution in [0.3, 0.4) is 0 Å². The normalized spacial score (nSPS) is 17.1. The topological polar surface area (TPSA) is 63.0 Å². The minimum atomic E-state index is -0.417. The Morgan fingerprint density at radius 3 is 2.13 bits per heavy atom. The van der Waals surface area contributed by atoms with E-state index < -0.39 is 6.17 Å². The summed E-state index contributed by atoms with van der Waals surface area (Å²) in [6.07, 6.45) is 4.84. The number of nitrogens with one attached hydrogen (secondary N) is 1. The summed E-state index contributed by atoms with van der Waals surface area (Å²) in [5.41, 5.74) is 8.04. The first-order valence-corrected chi connectivity index (χ1v) is 17.8. The number of fused-ring (bicyclic) bond motifs is 9. The second-order valence-corrected chi connectivity index (χ2v) is 13.7. The molecule has 3 heterocycles. The molecule has 0 bridgehead atoms. The van der Waals surface area contributed by atoms with Gasteiger partial charge in [0.15, 0.2) is 6.17 Å². The highest BCUT2D eigenvalue weighted by Gasteiger charge is 2.28. The number of para-hydroxylation sites is 2. The highest BCUT2D eigenvalue weighted by Crippen LogP contribution is 2.42. The van der Waals surface area contributed by atoms with Gasteiger partial charge in [-0.2, -0.15) is 0 Å². The lowest BCUT2D eigenvalue weighted by atomic mass is 9.87. The Balaban J connectivity index is 1.04. The number of allylic oxidation sites excluding steroid dienone is 1. The zero-order valence-electron chi connectivity index (χ0n) is 28.1. The molecule has 0 fully saturated rings. The van der Waals surface area contributed by atoms with Crippen LogP contribution in [0.5, 0.6) is 0 Å². The van der Waals surface area contributed by atoms with Crippen molar-refractivity contribution in [3.63, 3.8) is 0 Å². The Bertz CT molecular complexity index is 2980. The maximum absolute atomic E-state index is 6.68. The standard InChI is InChI=1S/C47H31N3O2/c1-2-12-28(13-3-1)45-48-46(50-47(49-45)39-26-29-14-4-5-15-31(29)33-16-6-7-17-34(33)39)38-21-11-23-41-43(38)37-25-24-30(27-42(37)51-41)32-19-10-20-36-35-18-8-9-22-40(35)52-44(32)36/h1-26,30,45H,27H2,(H,48,49,50). The van der Waals surface area contributed by atoms with Crippen LogP contribution in [0.2, 0.25) is 0 Å². The molecule has 7 aromatic carbocycles. The molecular formula is C47H31N3O2. The molecule has 52 heavy (non-hydrogen) atoms. The van der Waals surface area contributed by atoms with E-state index in [-0.39, 0.29) is 5.92 Å². The molecule has 1 N–H and O–H groups in total. The van der Waals surface area contributed by atoms with Gasteiger partial charge in [-0.15, -0.1) is 0 Å². The summed E-state index contributed by atoms with van der Waals surface area (Å²) in [6.45, 7) is 0. The van der Waals surface area contributed by atoms with Crippen LogP contribution in [-0.4, -0.2) is 11.7 Å². The van der Waals surface area contributed by atoms with Crippen molar-refractivity contribution in [1.29, 1.82) is 0 Å². The van der Waals surface area contributed by atoms with Crippen molar-refractivity contribution < 1.29 is 8.83 Å². The maximum atomic E-state index is 6.68. The smallest absolute Gasteiger partial charge is 0.169 e. The van der Waals surface area contributed by atoms with Crippen molar-refractivity contribution in [2.24, 2.45) is 9.98 Å². The predicted molar refractivity (Wildman–Crippen MR) is 212 cm³/mol. The monoisotopic (exact) mass is 669 g/mol. The van der Waals surface area contributed by atoms with E-state index in [4.69, 9.17) is 18.8 Å². The number of furan rings is 2. The first-order chi connectivity index (χ1) is 25.8. The fourth-order valence-corrected chi connectivity index (χ4v) is 8.25. The van der Waals surface area contributed by atoms with Gasteiger partial charge >= 0.3 is 0 Å². The van der Waals surface area contributed by atoms with Gasteiger partial charge in [0, 0.05) is 50.8 Å². The second-order valence-electron chi connectivity index (χ2n) is 13.7. The van der Waals surface area contributed by atoms with Gasteiger partial charge in [-0.25, -0.2) is 9.98 Å². The second kappa shape index (κ2) is 11.4. The molecule has 0 saturated carbocycles. The van der Waals surface area contributed by atoms with Gasteiger partial charge in [-0.3, -0.25) is 0 Å². The van der Waals surface area contributed by atoms with Crippen molar-refractivity contribution in [2.45, 2.75) is 18.5 Å². The van der Waals surface area contributed by atoms with Crippen LogP contribution in [0.15, 0.2) is 170 Å². The van der Waals surface area contributed by atoms with E-state index in [1.54, 1.807) is 0 Å². The molecule has 0 radical (unpaired) electrons. The van der Waals surface area contributed by atoms with Gasteiger partial charge in [0.2, 0.25) is 0 Å². The quantitative estimate of drug-likeness (QED) is 0.190. The van der Waals surface area contributed by atoms with Crippen molar-refractivity contribution in [1.82, 2.24) is 5.32 Å². The van der Waals surface area contributed by atoms with Crippen LogP contribution in [0.25, 0.3) is 60.5 Å². The first-order valence-electron chi connectivity index (χ1n) is 17.8. The fraction of sp³-hybridized carbons (Fsp3) is 0.0638. The third-order valence-electron chi connectivity index (χ3n) is 10.7. The van der Waals surface area contributed by atoms with E-state index in [2.05, 4.69) is 133 Å². The molecule has 0 spiro atoms. The number of rotatable bonds is 4. The highest BCUT2D eigenvalue weighted by molar-refractivity contribution is 6.25. The Kier molecular flexibility index (Phi) is 6.37. The van der Waals surface area contributed by atoms with E-state index in [9.17, 15) is 0 Å². The summed E-state index contributed by atoms with van der Waals surface area (Å²) in [5, 5.41) is 11.8. The molecule has 2 unspecified atom stereocenters. The summed E-state index contributed by atoms with van der Waals surface area (Å²) in [7, 11) is 0. The average Bonchev–Trinajstić information content (AvgIpc) is 3.79. The molecule has 2 aromatic heterocycles. The van der Waals surface area contributed by atoms with Crippen LogP contribution in [-0.2, 0) is 6.42 Å². The Morgan fingerprint density at radius 2 is 1.25 bits per heavy atom. The predicted octanol–water partition coefficient (Wildman–Crippen LogP) is 11.5. The zero-order valence-corrected chi connectivity index (χ0v) is 28.1. The van der Waals surface area contributed by atoms with Gasteiger partial charge < -0.3 is 14.2 Å². The minimum Gasteiger partial charge on any atom is -0.460 e. The molecule has 246 valence electrons. The van der Waals surface area contributed by atoms with Gasteiger partial charge in [0.25, 0.3) is 0 Å². The third-order valence-corrected chi connectivity index (χ3v) is 10.7. The van der Waals surface area contributed by atoms with Crippen LogP contribution >= 0.6 is 0 Å². The molecular weight excluding hydrogens is 639 g/mol. The Labute approximate surface area is 299 Å². The van der Waals surface area contributed by atoms with E-state index in [0.717, 1.165) is 84.4 Å². The summed E-state index contributed by atoms with van der Waals surface area (Å²) in [4.78, 5) is 10.5. The fourth-order valence-electron chi connectivity index (χ4n) is 8.25. The Hall–Kier alpha value is -6.72. The number of hydrogen-bond donors (Lipinski definition) is 1. The molecule has 0 saturated heterocycles. The number of hydrogen-bond acceptors (Lipinski definition) is 5. The van der Waals surface area contributed by atoms with Crippen molar-refractivity contribution in [3.05, 3.63) is 185 Å². The Morgan fingerprint density at radius 1 is 0.558 bits per heavy atom. The summed E-state index contributed by atoms with van der Waals surface area (Å²) in [6, 6.07) is 50.7.